The molecule has 5 heteroatoms. The predicted octanol–water partition coefficient (Wildman–Crippen LogP) is 2.98. The molecule has 1 aromatic rings. The lowest BCUT2D eigenvalue weighted by molar-refractivity contribution is 0.0642. The molecule has 2 N–H and O–H groups in total. The van der Waals surface area contributed by atoms with Crippen molar-refractivity contribution in [1.82, 2.24) is 14.9 Å². The molecule has 1 aromatic heterocycles. The summed E-state index contributed by atoms with van der Waals surface area (Å²) in [5, 5.41) is 0. The Labute approximate surface area is 127 Å². The number of carbonyl (C=O) groups is 1. The van der Waals surface area contributed by atoms with Crippen LogP contribution in [0.5, 0.6) is 0 Å². The summed E-state index contributed by atoms with van der Waals surface area (Å²) in [6.45, 7) is 6.74. The molecule has 1 fully saturated rings. The van der Waals surface area contributed by atoms with Gasteiger partial charge in [0, 0.05) is 18.5 Å². The van der Waals surface area contributed by atoms with Gasteiger partial charge in [-0.15, -0.1) is 0 Å². The summed E-state index contributed by atoms with van der Waals surface area (Å²) in [7, 11) is 0. The molecule has 0 spiro atoms. The Morgan fingerprint density at radius 3 is 2.62 bits per heavy atom. The van der Waals surface area contributed by atoms with Crippen LogP contribution in [0.4, 0.5) is 5.69 Å². The Morgan fingerprint density at radius 2 is 2.05 bits per heavy atom. The van der Waals surface area contributed by atoms with Gasteiger partial charge >= 0.3 is 0 Å². The molecule has 116 valence electrons. The summed E-state index contributed by atoms with van der Waals surface area (Å²) >= 11 is 0. The first-order chi connectivity index (χ1) is 10.0. The van der Waals surface area contributed by atoms with Crippen molar-refractivity contribution in [3.8, 4) is 0 Å². The second kappa shape index (κ2) is 6.87. The fraction of sp³-hybridized carbons (Fsp3) is 0.688. The lowest BCUT2D eigenvalue weighted by Crippen LogP contribution is -2.42. The number of hydrogen-bond acceptors (Lipinski definition) is 4. The number of carbonyl (C=O) groups excluding carboxylic acids is 1. The average Bonchev–Trinajstić information content (AvgIpc) is 2.49. The first kappa shape index (κ1) is 15.7. The highest BCUT2D eigenvalue weighted by molar-refractivity contribution is 5.97. The highest BCUT2D eigenvalue weighted by atomic mass is 16.2. The maximum atomic E-state index is 12.8. The molecule has 5 nitrogen and oxygen atoms in total. The molecular formula is C16H26N4O. The van der Waals surface area contributed by atoms with Crippen molar-refractivity contribution < 1.29 is 4.79 Å². The molecule has 0 aromatic carbocycles. The van der Waals surface area contributed by atoms with Gasteiger partial charge in [-0.05, 0) is 19.8 Å². The molecular weight excluding hydrogens is 264 g/mol. The van der Waals surface area contributed by atoms with Gasteiger partial charge in [-0.1, -0.05) is 33.1 Å². The maximum absolute atomic E-state index is 12.8. The van der Waals surface area contributed by atoms with Crippen molar-refractivity contribution in [3.05, 3.63) is 17.7 Å². The van der Waals surface area contributed by atoms with Gasteiger partial charge in [-0.3, -0.25) is 4.79 Å². The van der Waals surface area contributed by atoms with Gasteiger partial charge in [-0.25, -0.2) is 9.97 Å². The van der Waals surface area contributed by atoms with E-state index in [2.05, 4.69) is 9.97 Å². The van der Waals surface area contributed by atoms with Crippen molar-refractivity contribution in [2.75, 3.05) is 12.3 Å². The van der Waals surface area contributed by atoms with Crippen LogP contribution in [0, 0.1) is 0 Å². The van der Waals surface area contributed by atoms with E-state index in [0.29, 0.717) is 29.8 Å². The molecule has 21 heavy (non-hydrogen) atoms. The highest BCUT2D eigenvalue weighted by Gasteiger charge is 2.27. The van der Waals surface area contributed by atoms with Gasteiger partial charge < -0.3 is 10.6 Å². The second-order valence-corrected chi connectivity index (χ2v) is 6.07. The van der Waals surface area contributed by atoms with E-state index >= 15 is 0 Å². The van der Waals surface area contributed by atoms with Gasteiger partial charge in [-0.2, -0.15) is 0 Å². The molecule has 0 bridgehead atoms. The van der Waals surface area contributed by atoms with E-state index in [1.807, 2.05) is 25.7 Å². The van der Waals surface area contributed by atoms with Crippen LogP contribution in [-0.2, 0) is 0 Å². The lowest BCUT2D eigenvalue weighted by Gasteiger charge is -2.33. The maximum Gasteiger partial charge on any atom is 0.274 e. The van der Waals surface area contributed by atoms with Crippen LogP contribution in [0.3, 0.4) is 0 Å². The third-order valence-corrected chi connectivity index (χ3v) is 4.17. The monoisotopic (exact) mass is 290 g/mol. The molecule has 1 aliphatic rings. The molecule has 0 atom stereocenters. The van der Waals surface area contributed by atoms with Crippen molar-refractivity contribution in [2.24, 2.45) is 0 Å². The Kier molecular flexibility index (Phi) is 5.15. The number of hydrogen-bond donors (Lipinski definition) is 1. The lowest BCUT2D eigenvalue weighted by atomic mass is 9.94. The number of anilines is 1. The van der Waals surface area contributed by atoms with Crippen molar-refractivity contribution in [3.63, 3.8) is 0 Å². The summed E-state index contributed by atoms with van der Waals surface area (Å²) in [6.07, 6.45) is 7.40. The van der Waals surface area contributed by atoms with Gasteiger partial charge in [0.1, 0.15) is 5.82 Å². The van der Waals surface area contributed by atoms with E-state index in [1.54, 1.807) is 6.20 Å². The molecule has 1 heterocycles. The molecule has 1 amide bonds. The Morgan fingerprint density at radius 1 is 1.38 bits per heavy atom. The molecule has 0 radical (unpaired) electrons. The number of amides is 1. The average molecular weight is 290 g/mol. The van der Waals surface area contributed by atoms with Crippen LogP contribution in [0.25, 0.3) is 0 Å². The van der Waals surface area contributed by atoms with E-state index in [9.17, 15) is 4.79 Å². The Hall–Kier alpha value is -1.65. The Bertz CT molecular complexity index is 495. The number of rotatable bonds is 4. The van der Waals surface area contributed by atoms with Gasteiger partial charge in [0.15, 0.2) is 5.69 Å². The van der Waals surface area contributed by atoms with Crippen LogP contribution in [0.15, 0.2) is 6.20 Å². The third kappa shape index (κ3) is 3.52. The zero-order valence-corrected chi connectivity index (χ0v) is 13.3. The molecule has 1 saturated carbocycles. The fourth-order valence-corrected chi connectivity index (χ4v) is 2.95. The summed E-state index contributed by atoms with van der Waals surface area (Å²) in [4.78, 5) is 23.4. The molecule has 0 saturated heterocycles. The van der Waals surface area contributed by atoms with Crippen molar-refractivity contribution in [1.29, 1.82) is 0 Å². The van der Waals surface area contributed by atoms with Crippen LogP contribution < -0.4 is 5.73 Å². The number of nitrogen functional groups attached to an aromatic ring is 1. The van der Waals surface area contributed by atoms with Crippen LogP contribution in [0.1, 0.15) is 75.1 Å². The van der Waals surface area contributed by atoms with Gasteiger partial charge in [0.2, 0.25) is 0 Å². The highest BCUT2D eigenvalue weighted by Crippen LogP contribution is 2.25. The molecule has 2 rings (SSSR count). The normalized spacial score (nSPS) is 16.2. The zero-order chi connectivity index (χ0) is 15.4. The first-order valence-electron chi connectivity index (χ1n) is 7.98. The largest absolute Gasteiger partial charge is 0.396 e. The summed E-state index contributed by atoms with van der Waals surface area (Å²) < 4.78 is 0. The van der Waals surface area contributed by atoms with E-state index < -0.39 is 0 Å². The standard InChI is InChI=1S/C16H26N4O/c1-4-20(12-8-6-5-7-9-12)16(21)14-13(17)10-18-15(19-14)11(2)3/h10-12H,4-9,17H2,1-3H3. The summed E-state index contributed by atoms with van der Waals surface area (Å²) in [6, 6.07) is 0.327. The first-order valence-corrected chi connectivity index (χ1v) is 7.98. The summed E-state index contributed by atoms with van der Waals surface area (Å²) in [5.41, 5.74) is 6.68. The topological polar surface area (TPSA) is 72.1 Å². The minimum atomic E-state index is -0.0498. The van der Waals surface area contributed by atoms with Crippen LogP contribution in [0.2, 0.25) is 0 Å². The van der Waals surface area contributed by atoms with Crippen LogP contribution >= 0.6 is 0 Å². The van der Waals surface area contributed by atoms with E-state index in [-0.39, 0.29) is 11.8 Å². The van der Waals surface area contributed by atoms with Crippen LogP contribution in [-0.4, -0.2) is 33.4 Å². The van der Waals surface area contributed by atoms with Crippen molar-refractivity contribution >= 4 is 11.6 Å². The van der Waals surface area contributed by atoms with E-state index in [4.69, 9.17) is 5.73 Å². The van der Waals surface area contributed by atoms with E-state index in [1.165, 1.54) is 19.3 Å². The number of aromatic nitrogens is 2. The molecule has 0 aliphatic heterocycles. The quantitative estimate of drug-likeness (QED) is 0.925. The second-order valence-electron chi connectivity index (χ2n) is 6.07. The fourth-order valence-electron chi connectivity index (χ4n) is 2.95. The molecule has 1 aliphatic carbocycles. The van der Waals surface area contributed by atoms with Crippen molar-refractivity contribution in [2.45, 2.75) is 64.8 Å². The number of nitrogens with zero attached hydrogens (tertiary/aromatic N) is 3. The minimum absolute atomic E-state index is 0.0498. The predicted molar refractivity (Wildman–Crippen MR) is 84.1 cm³/mol. The Balaban J connectivity index is 2.26. The van der Waals surface area contributed by atoms with E-state index in [0.717, 1.165) is 12.8 Å². The smallest absolute Gasteiger partial charge is 0.274 e. The number of nitrogens with two attached hydrogens (primary N) is 1. The zero-order valence-electron chi connectivity index (χ0n) is 13.3. The SMILES string of the molecule is CCN(C(=O)c1nc(C(C)C)ncc1N)C1CCCCC1. The van der Waals surface area contributed by atoms with Gasteiger partial charge in [0.25, 0.3) is 5.91 Å². The third-order valence-electron chi connectivity index (χ3n) is 4.17. The summed E-state index contributed by atoms with van der Waals surface area (Å²) in [5.74, 6) is 0.806. The molecule has 0 unspecified atom stereocenters. The minimum Gasteiger partial charge on any atom is -0.396 e. The van der Waals surface area contributed by atoms with Gasteiger partial charge in [0.05, 0.1) is 11.9 Å².